The van der Waals surface area contributed by atoms with Gasteiger partial charge in [-0.05, 0) is 44.4 Å². The SMILES string of the molecule is COc1nc2ccc(C(O)(c3cnc(C)n3C)c3cnc(C)n3C)cc2c(Cl)c1CNC(=O)C1(C)CCC1. The van der Waals surface area contributed by atoms with Crippen molar-refractivity contribution in [1.29, 1.82) is 0 Å². The fraction of sp³-hybridized carbons (Fsp3) is 0.429. The summed E-state index contributed by atoms with van der Waals surface area (Å²) in [4.78, 5) is 26.3. The van der Waals surface area contributed by atoms with Crippen LogP contribution in [0, 0.1) is 19.3 Å². The highest BCUT2D eigenvalue weighted by molar-refractivity contribution is 6.36. The van der Waals surface area contributed by atoms with Crippen molar-refractivity contribution < 1.29 is 14.6 Å². The first-order valence-corrected chi connectivity index (χ1v) is 13.0. The molecule has 3 heterocycles. The van der Waals surface area contributed by atoms with Gasteiger partial charge >= 0.3 is 0 Å². The van der Waals surface area contributed by atoms with E-state index in [1.165, 1.54) is 7.11 Å². The maximum atomic E-state index is 12.8. The zero-order valence-electron chi connectivity index (χ0n) is 22.6. The fourth-order valence-electron chi connectivity index (χ4n) is 5.21. The van der Waals surface area contributed by atoms with Crippen LogP contribution in [0.4, 0.5) is 0 Å². The van der Waals surface area contributed by atoms with Crippen LogP contribution in [0.15, 0.2) is 30.6 Å². The molecule has 0 aliphatic heterocycles. The van der Waals surface area contributed by atoms with Gasteiger partial charge < -0.3 is 24.3 Å². The van der Waals surface area contributed by atoms with Crippen LogP contribution in [0.1, 0.15) is 60.3 Å². The van der Waals surface area contributed by atoms with E-state index in [1.54, 1.807) is 12.4 Å². The first-order chi connectivity index (χ1) is 18.0. The van der Waals surface area contributed by atoms with Gasteiger partial charge in [-0.3, -0.25) is 4.79 Å². The molecular formula is C28H33ClN6O3. The van der Waals surface area contributed by atoms with Crippen molar-refractivity contribution >= 4 is 28.4 Å². The average Bonchev–Trinajstić information content (AvgIpc) is 3.41. The van der Waals surface area contributed by atoms with Crippen molar-refractivity contribution in [2.24, 2.45) is 19.5 Å². The highest BCUT2D eigenvalue weighted by atomic mass is 35.5. The third kappa shape index (κ3) is 3.96. The minimum absolute atomic E-state index is 0.00301. The smallest absolute Gasteiger partial charge is 0.226 e. The van der Waals surface area contributed by atoms with E-state index in [0.717, 1.165) is 30.9 Å². The Morgan fingerprint density at radius 2 is 1.76 bits per heavy atom. The highest BCUT2D eigenvalue weighted by Gasteiger charge is 2.41. The van der Waals surface area contributed by atoms with Gasteiger partial charge in [0.25, 0.3) is 0 Å². The summed E-state index contributed by atoms with van der Waals surface area (Å²) in [5, 5.41) is 16.5. The summed E-state index contributed by atoms with van der Waals surface area (Å²) in [7, 11) is 5.27. The number of pyridine rings is 1. The molecule has 0 spiro atoms. The second-order valence-corrected chi connectivity index (χ2v) is 10.8. The molecular weight excluding hydrogens is 504 g/mol. The van der Waals surface area contributed by atoms with Crippen molar-refractivity contribution in [3.8, 4) is 5.88 Å². The summed E-state index contributed by atoms with van der Waals surface area (Å²) in [6.07, 6.45) is 6.17. The first kappa shape index (κ1) is 26.2. The van der Waals surface area contributed by atoms with E-state index in [-0.39, 0.29) is 17.9 Å². The van der Waals surface area contributed by atoms with E-state index < -0.39 is 5.60 Å². The van der Waals surface area contributed by atoms with Gasteiger partial charge in [0.05, 0.1) is 47.0 Å². The van der Waals surface area contributed by atoms with Crippen molar-refractivity contribution in [1.82, 2.24) is 29.4 Å². The first-order valence-electron chi connectivity index (χ1n) is 12.7. The third-order valence-corrected chi connectivity index (χ3v) is 8.63. The number of aryl methyl sites for hydroxylation is 2. The molecule has 1 amide bonds. The predicted molar refractivity (Wildman–Crippen MR) is 145 cm³/mol. The summed E-state index contributed by atoms with van der Waals surface area (Å²) < 4.78 is 9.27. The number of carbonyl (C=O) groups excluding carboxylic acids is 1. The summed E-state index contributed by atoms with van der Waals surface area (Å²) in [5.74, 6) is 1.89. The zero-order valence-corrected chi connectivity index (χ0v) is 23.3. The van der Waals surface area contributed by atoms with Gasteiger partial charge in [0.2, 0.25) is 11.8 Å². The zero-order chi connectivity index (χ0) is 27.4. The Hall–Kier alpha value is -3.43. The van der Waals surface area contributed by atoms with E-state index in [2.05, 4.69) is 20.3 Å². The number of carbonyl (C=O) groups is 1. The molecule has 9 nitrogen and oxygen atoms in total. The van der Waals surface area contributed by atoms with Gasteiger partial charge in [-0.25, -0.2) is 15.0 Å². The third-order valence-electron chi connectivity index (χ3n) is 8.20. The van der Waals surface area contributed by atoms with Gasteiger partial charge in [0.1, 0.15) is 11.6 Å². The number of rotatable bonds is 7. The molecule has 1 aromatic carbocycles. The minimum atomic E-state index is -1.57. The molecule has 0 radical (unpaired) electrons. The van der Waals surface area contributed by atoms with Crippen LogP contribution in [0.5, 0.6) is 5.88 Å². The number of nitrogens with one attached hydrogen (secondary N) is 1. The normalized spacial score (nSPS) is 14.9. The van der Waals surface area contributed by atoms with Crippen LogP contribution in [0.3, 0.4) is 0 Å². The van der Waals surface area contributed by atoms with Crippen LogP contribution in [0.2, 0.25) is 5.02 Å². The van der Waals surface area contributed by atoms with Gasteiger partial charge in [-0.2, -0.15) is 0 Å². The lowest BCUT2D eigenvalue weighted by atomic mass is 9.70. The Labute approximate surface area is 226 Å². The van der Waals surface area contributed by atoms with Crippen molar-refractivity contribution in [3.05, 3.63) is 69.8 Å². The lowest BCUT2D eigenvalue weighted by Gasteiger charge is -2.36. The second kappa shape index (κ2) is 9.39. The van der Waals surface area contributed by atoms with Crippen molar-refractivity contribution in [3.63, 3.8) is 0 Å². The molecule has 3 aromatic heterocycles. The number of benzene rings is 1. The van der Waals surface area contributed by atoms with Crippen LogP contribution in [0.25, 0.3) is 10.9 Å². The Bertz CT molecular complexity index is 1510. The highest BCUT2D eigenvalue weighted by Crippen LogP contribution is 2.42. The summed E-state index contributed by atoms with van der Waals surface area (Å²) in [5.41, 5.74) is 1.06. The predicted octanol–water partition coefficient (Wildman–Crippen LogP) is 4.07. The Balaban J connectivity index is 1.65. The Morgan fingerprint density at radius 1 is 1.16 bits per heavy atom. The fourth-order valence-corrected chi connectivity index (χ4v) is 5.51. The van der Waals surface area contributed by atoms with Crippen LogP contribution >= 0.6 is 11.6 Å². The molecule has 0 bridgehead atoms. The summed E-state index contributed by atoms with van der Waals surface area (Å²) in [6.45, 7) is 5.94. The van der Waals surface area contributed by atoms with E-state index >= 15 is 0 Å². The maximum Gasteiger partial charge on any atom is 0.226 e. The molecule has 1 saturated carbocycles. The minimum Gasteiger partial charge on any atom is -0.481 e. The van der Waals surface area contributed by atoms with E-state index in [0.29, 0.717) is 44.3 Å². The molecule has 2 N–H and O–H groups in total. The molecule has 38 heavy (non-hydrogen) atoms. The number of ether oxygens (including phenoxy) is 1. The van der Waals surface area contributed by atoms with Crippen LogP contribution in [-0.4, -0.2) is 42.2 Å². The van der Waals surface area contributed by atoms with E-state index in [1.807, 2.05) is 62.2 Å². The largest absolute Gasteiger partial charge is 0.481 e. The van der Waals surface area contributed by atoms with Gasteiger partial charge in [0.15, 0.2) is 5.60 Å². The molecule has 0 unspecified atom stereocenters. The lowest BCUT2D eigenvalue weighted by Crippen LogP contribution is -2.43. The van der Waals surface area contributed by atoms with Gasteiger partial charge in [-0.1, -0.05) is 31.0 Å². The number of hydrogen-bond donors (Lipinski definition) is 2. The number of aliphatic hydroxyl groups is 1. The quantitative estimate of drug-likeness (QED) is 0.369. The lowest BCUT2D eigenvalue weighted by molar-refractivity contribution is -0.134. The standard InChI is InChI=1S/C28H33ClN6O3/c1-16-30-14-22(34(16)4)28(37,23-15-31-17(2)35(23)5)18-8-9-21-19(12-18)24(29)20(25(33-21)38-6)13-32-26(36)27(3)10-7-11-27/h8-9,12,14-15,37H,7,10-11,13H2,1-6H3,(H,32,36). The number of imidazole rings is 2. The number of fused-ring (bicyclic) bond motifs is 1. The number of nitrogens with zero attached hydrogens (tertiary/aromatic N) is 5. The number of aromatic nitrogens is 5. The molecule has 200 valence electrons. The molecule has 4 aromatic rings. The molecule has 0 atom stereocenters. The second-order valence-electron chi connectivity index (χ2n) is 10.5. The van der Waals surface area contributed by atoms with Crippen LogP contribution in [-0.2, 0) is 31.0 Å². The van der Waals surface area contributed by atoms with Crippen LogP contribution < -0.4 is 10.1 Å². The average molecular weight is 537 g/mol. The molecule has 10 heteroatoms. The summed E-state index contributed by atoms with van der Waals surface area (Å²) >= 11 is 6.97. The van der Waals surface area contributed by atoms with E-state index in [4.69, 9.17) is 16.3 Å². The molecule has 1 fully saturated rings. The van der Waals surface area contributed by atoms with Crippen molar-refractivity contribution in [2.45, 2.75) is 52.2 Å². The Morgan fingerprint density at radius 3 is 2.24 bits per heavy atom. The number of halogens is 1. The topological polar surface area (TPSA) is 107 Å². The maximum absolute atomic E-state index is 12.8. The van der Waals surface area contributed by atoms with Crippen molar-refractivity contribution in [2.75, 3.05) is 7.11 Å². The molecule has 1 aliphatic rings. The molecule has 5 rings (SSSR count). The monoisotopic (exact) mass is 536 g/mol. The van der Waals surface area contributed by atoms with Gasteiger partial charge in [-0.15, -0.1) is 0 Å². The number of hydrogen-bond acceptors (Lipinski definition) is 6. The molecule has 1 aliphatic carbocycles. The number of amides is 1. The van der Waals surface area contributed by atoms with Gasteiger partial charge in [0, 0.05) is 31.4 Å². The van der Waals surface area contributed by atoms with E-state index in [9.17, 15) is 9.90 Å². The number of methoxy groups -OCH3 is 1. The summed E-state index contributed by atoms with van der Waals surface area (Å²) in [6, 6.07) is 5.48. The Kier molecular flexibility index (Phi) is 6.47. The molecule has 0 saturated heterocycles.